The minimum absolute atomic E-state index is 0.107. The molecule has 0 saturated carbocycles. The van der Waals surface area contributed by atoms with Crippen LogP contribution < -0.4 is 10.1 Å². The quantitative estimate of drug-likeness (QED) is 0.317. The highest BCUT2D eigenvalue weighted by atomic mass is 35.5. The molecule has 0 saturated heterocycles. The molecule has 4 rings (SSSR count). The summed E-state index contributed by atoms with van der Waals surface area (Å²) in [4.78, 5) is 11.6. The van der Waals surface area contributed by atoms with E-state index in [1.807, 2.05) is 30.3 Å². The van der Waals surface area contributed by atoms with Gasteiger partial charge in [0.15, 0.2) is 0 Å². The average molecular weight is 446 g/mol. The Morgan fingerprint density at radius 3 is 2.62 bits per heavy atom. The predicted octanol–water partition coefficient (Wildman–Crippen LogP) is 6.20. The standard InChI is InChI=1S/C27H24ClNO3/c1-32-22-7-4-5-18(14-22)11-12-29-17-19-13-20-6-2-3-8-23(20)24(15-19)21-9-10-26(28)25(16-21)27(30)31/h2-10,13-16,29H,11-12,17H2,1H3,(H,30,31). The number of methoxy groups -OCH3 is 1. The third-order valence-electron chi connectivity index (χ3n) is 5.48. The van der Waals surface area contributed by atoms with Crippen molar-refractivity contribution in [2.75, 3.05) is 13.7 Å². The Balaban J connectivity index is 1.57. The van der Waals surface area contributed by atoms with Gasteiger partial charge in [-0.25, -0.2) is 4.79 Å². The summed E-state index contributed by atoms with van der Waals surface area (Å²) in [7, 11) is 1.68. The summed E-state index contributed by atoms with van der Waals surface area (Å²) in [6, 6.07) is 25.7. The number of carboxylic acid groups (broad SMARTS) is 1. The van der Waals surface area contributed by atoms with E-state index in [4.69, 9.17) is 16.3 Å². The van der Waals surface area contributed by atoms with Gasteiger partial charge in [0.25, 0.3) is 0 Å². The van der Waals surface area contributed by atoms with E-state index >= 15 is 0 Å². The highest BCUT2D eigenvalue weighted by molar-refractivity contribution is 6.33. The molecule has 162 valence electrons. The largest absolute Gasteiger partial charge is 0.497 e. The second-order valence-electron chi connectivity index (χ2n) is 7.64. The molecule has 5 heteroatoms. The summed E-state index contributed by atoms with van der Waals surface area (Å²) in [5, 5.41) is 15.4. The molecule has 0 atom stereocenters. The van der Waals surface area contributed by atoms with Crippen molar-refractivity contribution >= 4 is 28.3 Å². The van der Waals surface area contributed by atoms with Crippen LogP contribution in [0.5, 0.6) is 5.75 Å². The molecule has 0 heterocycles. The number of halogens is 1. The lowest BCUT2D eigenvalue weighted by Gasteiger charge is -2.13. The van der Waals surface area contributed by atoms with E-state index < -0.39 is 5.97 Å². The molecule has 4 nitrogen and oxygen atoms in total. The maximum absolute atomic E-state index is 11.6. The maximum Gasteiger partial charge on any atom is 0.337 e. The zero-order valence-electron chi connectivity index (χ0n) is 17.8. The molecule has 32 heavy (non-hydrogen) atoms. The van der Waals surface area contributed by atoms with E-state index in [9.17, 15) is 9.90 Å². The van der Waals surface area contributed by atoms with Crippen LogP contribution >= 0.6 is 11.6 Å². The normalized spacial score (nSPS) is 10.9. The van der Waals surface area contributed by atoms with Crippen molar-refractivity contribution in [1.29, 1.82) is 0 Å². The van der Waals surface area contributed by atoms with Gasteiger partial charge < -0.3 is 15.2 Å². The topological polar surface area (TPSA) is 58.6 Å². The second kappa shape index (κ2) is 9.86. The van der Waals surface area contributed by atoms with Gasteiger partial charge in [-0.1, -0.05) is 54.1 Å². The van der Waals surface area contributed by atoms with Crippen LogP contribution in [-0.2, 0) is 13.0 Å². The molecule has 0 fully saturated rings. The molecule has 0 aromatic heterocycles. The number of carbonyl (C=O) groups is 1. The number of ether oxygens (including phenoxy) is 1. The number of aromatic carboxylic acids is 1. The fourth-order valence-corrected chi connectivity index (χ4v) is 4.06. The van der Waals surface area contributed by atoms with Crippen LogP contribution in [-0.4, -0.2) is 24.7 Å². The monoisotopic (exact) mass is 445 g/mol. The van der Waals surface area contributed by atoms with E-state index in [0.29, 0.717) is 6.54 Å². The molecule has 0 aliphatic carbocycles. The second-order valence-corrected chi connectivity index (χ2v) is 8.05. The highest BCUT2D eigenvalue weighted by Crippen LogP contribution is 2.32. The lowest BCUT2D eigenvalue weighted by Crippen LogP contribution is -2.16. The van der Waals surface area contributed by atoms with Crippen molar-refractivity contribution in [2.24, 2.45) is 0 Å². The first-order valence-corrected chi connectivity index (χ1v) is 10.8. The minimum Gasteiger partial charge on any atom is -0.497 e. The molecule has 0 aliphatic heterocycles. The van der Waals surface area contributed by atoms with Crippen LogP contribution in [0.1, 0.15) is 21.5 Å². The Bertz CT molecular complexity index is 1270. The molecule has 0 amide bonds. The lowest BCUT2D eigenvalue weighted by atomic mass is 9.94. The summed E-state index contributed by atoms with van der Waals surface area (Å²) in [5.74, 6) is -0.165. The maximum atomic E-state index is 11.6. The van der Waals surface area contributed by atoms with Crippen molar-refractivity contribution in [1.82, 2.24) is 5.32 Å². The Kier molecular flexibility index (Phi) is 6.74. The highest BCUT2D eigenvalue weighted by Gasteiger charge is 2.13. The fourth-order valence-electron chi connectivity index (χ4n) is 3.86. The van der Waals surface area contributed by atoms with Gasteiger partial charge in [0.2, 0.25) is 0 Å². The first-order valence-electron chi connectivity index (χ1n) is 10.4. The first kappa shape index (κ1) is 21.9. The lowest BCUT2D eigenvalue weighted by molar-refractivity contribution is 0.0697. The smallest absolute Gasteiger partial charge is 0.337 e. The van der Waals surface area contributed by atoms with Gasteiger partial charge in [-0.05, 0) is 82.4 Å². The minimum atomic E-state index is -1.03. The van der Waals surface area contributed by atoms with Crippen LogP contribution in [0.3, 0.4) is 0 Å². The van der Waals surface area contributed by atoms with Crippen LogP contribution in [0, 0.1) is 0 Å². The van der Waals surface area contributed by atoms with Gasteiger partial charge in [-0.2, -0.15) is 0 Å². The zero-order chi connectivity index (χ0) is 22.5. The summed E-state index contributed by atoms with van der Waals surface area (Å²) in [5.41, 5.74) is 4.29. The number of fused-ring (bicyclic) bond motifs is 1. The Hall–Kier alpha value is -3.34. The molecular formula is C27H24ClNO3. The molecule has 2 N–H and O–H groups in total. The van der Waals surface area contributed by atoms with Gasteiger partial charge in [0, 0.05) is 6.54 Å². The number of nitrogens with one attached hydrogen (secondary N) is 1. The molecule has 0 unspecified atom stereocenters. The average Bonchev–Trinajstić information content (AvgIpc) is 2.81. The van der Waals surface area contributed by atoms with Crippen molar-refractivity contribution in [3.63, 3.8) is 0 Å². The SMILES string of the molecule is COc1cccc(CCNCc2cc(-c3ccc(Cl)c(C(=O)O)c3)c3ccccc3c2)c1. The van der Waals surface area contributed by atoms with Gasteiger partial charge in [0.1, 0.15) is 5.75 Å². The van der Waals surface area contributed by atoms with Crippen LogP contribution in [0.15, 0.2) is 78.9 Å². The van der Waals surface area contributed by atoms with E-state index in [1.165, 1.54) is 5.56 Å². The van der Waals surface area contributed by atoms with Crippen molar-refractivity contribution < 1.29 is 14.6 Å². The number of hydrogen-bond acceptors (Lipinski definition) is 3. The number of benzene rings is 4. The third kappa shape index (κ3) is 4.93. The molecule has 4 aromatic rings. The number of hydrogen-bond donors (Lipinski definition) is 2. The van der Waals surface area contributed by atoms with E-state index in [2.05, 4.69) is 41.7 Å². The van der Waals surface area contributed by atoms with E-state index in [0.717, 1.165) is 46.2 Å². The first-order chi connectivity index (χ1) is 15.5. The summed E-state index contributed by atoms with van der Waals surface area (Å²) in [6.45, 7) is 1.54. The van der Waals surface area contributed by atoms with Crippen LogP contribution in [0.2, 0.25) is 5.02 Å². The summed E-state index contributed by atoms with van der Waals surface area (Å²) in [6.07, 6.45) is 0.900. The Labute approximate surface area is 192 Å². The predicted molar refractivity (Wildman–Crippen MR) is 130 cm³/mol. The Morgan fingerprint density at radius 2 is 1.81 bits per heavy atom. The molecular weight excluding hydrogens is 422 g/mol. The van der Waals surface area contributed by atoms with Gasteiger partial charge in [-0.15, -0.1) is 0 Å². The van der Waals surface area contributed by atoms with Crippen molar-refractivity contribution in [2.45, 2.75) is 13.0 Å². The van der Waals surface area contributed by atoms with Crippen LogP contribution in [0.25, 0.3) is 21.9 Å². The van der Waals surface area contributed by atoms with Crippen molar-refractivity contribution in [3.05, 3.63) is 101 Å². The zero-order valence-corrected chi connectivity index (χ0v) is 18.5. The van der Waals surface area contributed by atoms with Crippen molar-refractivity contribution in [3.8, 4) is 16.9 Å². The van der Waals surface area contributed by atoms with Gasteiger partial charge in [-0.3, -0.25) is 0 Å². The fraction of sp³-hybridized carbons (Fsp3) is 0.148. The molecule has 0 bridgehead atoms. The van der Waals surface area contributed by atoms with Gasteiger partial charge >= 0.3 is 5.97 Å². The molecule has 0 radical (unpaired) electrons. The number of rotatable bonds is 8. The van der Waals surface area contributed by atoms with Gasteiger partial charge in [0.05, 0.1) is 17.7 Å². The van der Waals surface area contributed by atoms with E-state index in [-0.39, 0.29) is 10.6 Å². The summed E-state index contributed by atoms with van der Waals surface area (Å²) >= 11 is 6.08. The molecule has 0 spiro atoms. The third-order valence-corrected chi connectivity index (χ3v) is 5.81. The molecule has 4 aromatic carbocycles. The van der Waals surface area contributed by atoms with E-state index in [1.54, 1.807) is 19.2 Å². The molecule has 0 aliphatic rings. The Morgan fingerprint density at radius 1 is 0.969 bits per heavy atom. The number of carboxylic acids is 1. The van der Waals surface area contributed by atoms with Crippen LogP contribution in [0.4, 0.5) is 0 Å². The summed E-state index contributed by atoms with van der Waals surface area (Å²) < 4.78 is 5.29.